The molecule has 0 aliphatic heterocycles. The minimum absolute atomic E-state index is 0.0856. The highest BCUT2D eigenvalue weighted by Gasteiger charge is 2.14. The van der Waals surface area contributed by atoms with E-state index in [9.17, 15) is 17.6 Å². The van der Waals surface area contributed by atoms with Gasteiger partial charge < -0.3 is 5.32 Å². The molecule has 116 valence electrons. The quantitative estimate of drug-likeness (QED) is 0.890. The highest BCUT2D eigenvalue weighted by Crippen LogP contribution is 2.10. The van der Waals surface area contributed by atoms with Gasteiger partial charge in [-0.15, -0.1) is 0 Å². The Labute approximate surface area is 128 Å². The van der Waals surface area contributed by atoms with E-state index in [1.54, 1.807) is 24.3 Å². The third-order valence-corrected chi connectivity index (χ3v) is 4.60. The van der Waals surface area contributed by atoms with Crippen LogP contribution in [-0.2, 0) is 20.4 Å². The molecule has 1 N–H and O–H groups in total. The van der Waals surface area contributed by atoms with Gasteiger partial charge in [0.25, 0.3) is 0 Å². The van der Waals surface area contributed by atoms with E-state index >= 15 is 0 Å². The number of sulfone groups is 1. The molecule has 6 heteroatoms. The minimum Gasteiger partial charge on any atom is -0.326 e. The van der Waals surface area contributed by atoms with E-state index in [4.69, 9.17) is 0 Å². The van der Waals surface area contributed by atoms with Crippen molar-refractivity contribution in [1.82, 2.24) is 0 Å². The zero-order valence-corrected chi connectivity index (χ0v) is 12.6. The molecule has 0 heterocycles. The number of carbonyl (C=O) groups is 1. The van der Waals surface area contributed by atoms with Crippen molar-refractivity contribution in [1.29, 1.82) is 0 Å². The minimum atomic E-state index is -3.35. The number of hydrogen-bond acceptors (Lipinski definition) is 3. The van der Waals surface area contributed by atoms with Gasteiger partial charge in [-0.2, -0.15) is 0 Å². The van der Waals surface area contributed by atoms with Crippen molar-refractivity contribution in [3.05, 3.63) is 66.0 Å². The van der Waals surface area contributed by atoms with Gasteiger partial charge in [-0.05, 0) is 29.8 Å². The number of carbonyl (C=O) groups excluding carboxylic acids is 1. The molecule has 0 saturated carbocycles. The topological polar surface area (TPSA) is 63.2 Å². The Hall–Kier alpha value is -2.21. The third-order valence-electron chi connectivity index (χ3n) is 3.00. The molecule has 0 aliphatic carbocycles. The van der Waals surface area contributed by atoms with Crippen LogP contribution in [0.25, 0.3) is 0 Å². The lowest BCUT2D eigenvalue weighted by Crippen LogP contribution is -2.18. The first-order valence-electron chi connectivity index (χ1n) is 6.74. The van der Waals surface area contributed by atoms with Crippen molar-refractivity contribution in [2.75, 3.05) is 11.1 Å². The average molecular weight is 321 g/mol. The largest absolute Gasteiger partial charge is 0.326 e. The highest BCUT2D eigenvalue weighted by atomic mass is 32.2. The normalized spacial score (nSPS) is 11.1. The molecule has 0 saturated heterocycles. The Kier molecular flexibility index (Phi) is 5.27. The standard InChI is InChI=1S/C16H16FNO3S/c17-14-6-8-15(9-7-14)18-16(19)10-11-22(20,21)12-13-4-2-1-3-5-13/h1-9H,10-12H2,(H,18,19). The van der Waals surface area contributed by atoms with Gasteiger partial charge in [-0.3, -0.25) is 4.79 Å². The van der Waals surface area contributed by atoms with Gasteiger partial charge in [0.1, 0.15) is 5.82 Å². The fourth-order valence-corrected chi connectivity index (χ4v) is 3.25. The Morgan fingerprint density at radius 2 is 1.64 bits per heavy atom. The molecule has 0 unspecified atom stereocenters. The smallest absolute Gasteiger partial charge is 0.225 e. The van der Waals surface area contributed by atoms with E-state index in [0.29, 0.717) is 11.3 Å². The van der Waals surface area contributed by atoms with Gasteiger partial charge in [-0.25, -0.2) is 12.8 Å². The maximum absolute atomic E-state index is 12.7. The Morgan fingerprint density at radius 1 is 1.00 bits per heavy atom. The summed E-state index contributed by atoms with van der Waals surface area (Å²) in [5.74, 6) is -1.13. The second-order valence-corrected chi connectivity index (χ2v) is 7.07. The zero-order chi connectivity index (χ0) is 16.0. The number of rotatable bonds is 6. The van der Waals surface area contributed by atoms with Crippen LogP contribution in [0, 0.1) is 5.82 Å². The summed E-state index contributed by atoms with van der Waals surface area (Å²) >= 11 is 0. The van der Waals surface area contributed by atoms with Crippen LogP contribution in [0.5, 0.6) is 0 Å². The summed E-state index contributed by atoms with van der Waals surface area (Å²) in [4.78, 5) is 11.7. The van der Waals surface area contributed by atoms with E-state index < -0.39 is 21.6 Å². The van der Waals surface area contributed by atoms with Crippen LogP contribution in [0.4, 0.5) is 10.1 Å². The molecular formula is C16H16FNO3S. The maximum Gasteiger partial charge on any atom is 0.225 e. The molecule has 0 bridgehead atoms. The first-order chi connectivity index (χ1) is 10.4. The summed E-state index contributed by atoms with van der Waals surface area (Å²) in [6.07, 6.45) is -0.132. The van der Waals surface area contributed by atoms with Gasteiger partial charge in [0.15, 0.2) is 9.84 Å². The number of benzene rings is 2. The molecule has 2 aromatic carbocycles. The average Bonchev–Trinajstić information content (AvgIpc) is 2.48. The number of hydrogen-bond donors (Lipinski definition) is 1. The van der Waals surface area contributed by atoms with Crippen LogP contribution in [-0.4, -0.2) is 20.1 Å². The van der Waals surface area contributed by atoms with Gasteiger partial charge in [-0.1, -0.05) is 30.3 Å². The molecule has 0 atom stereocenters. The van der Waals surface area contributed by atoms with E-state index in [1.807, 2.05) is 6.07 Å². The Balaban J connectivity index is 1.86. The number of anilines is 1. The van der Waals surface area contributed by atoms with Crippen molar-refractivity contribution in [3.63, 3.8) is 0 Å². The summed E-state index contributed by atoms with van der Waals surface area (Å²) in [5, 5.41) is 2.54. The number of nitrogens with one attached hydrogen (secondary N) is 1. The maximum atomic E-state index is 12.7. The summed E-state index contributed by atoms with van der Waals surface area (Å²) in [6, 6.07) is 14.1. The molecule has 1 amide bonds. The Morgan fingerprint density at radius 3 is 2.27 bits per heavy atom. The zero-order valence-electron chi connectivity index (χ0n) is 11.8. The predicted molar refractivity (Wildman–Crippen MR) is 83.6 cm³/mol. The molecule has 0 aliphatic rings. The molecule has 0 fully saturated rings. The van der Waals surface area contributed by atoms with Crippen LogP contribution in [0.15, 0.2) is 54.6 Å². The van der Waals surface area contributed by atoms with Crippen LogP contribution >= 0.6 is 0 Å². The van der Waals surface area contributed by atoms with E-state index in [1.165, 1.54) is 24.3 Å². The molecular weight excluding hydrogens is 305 g/mol. The van der Waals surface area contributed by atoms with Crippen LogP contribution in [0.1, 0.15) is 12.0 Å². The molecule has 0 aromatic heterocycles. The summed E-state index contributed by atoms with van der Waals surface area (Å²) in [6.45, 7) is 0. The first kappa shape index (κ1) is 16.2. The van der Waals surface area contributed by atoms with E-state index in [0.717, 1.165) is 0 Å². The second-order valence-electron chi connectivity index (χ2n) is 4.88. The van der Waals surface area contributed by atoms with E-state index in [-0.39, 0.29) is 17.9 Å². The number of amides is 1. The van der Waals surface area contributed by atoms with E-state index in [2.05, 4.69) is 5.32 Å². The number of halogens is 1. The second kappa shape index (κ2) is 7.17. The van der Waals surface area contributed by atoms with Crippen LogP contribution in [0.3, 0.4) is 0 Å². The molecule has 0 radical (unpaired) electrons. The fourth-order valence-electron chi connectivity index (χ4n) is 1.91. The monoisotopic (exact) mass is 321 g/mol. The summed E-state index contributed by atoms with van der Waals surface area (Å²) in [5.41, 5.74) is 1.13. The molecule has 0 spiro atoms. The fraction of sp³-hybridized carbons (Fsp3) is 0.188. The molecule has 4 nitrogen and oxygen atoms in total. The lowest BCUT2D eigenvalue weighted by molar-refractivity contribution is -0.115. The van der Waals surface area contributed by atoms with Crippen molar-refractivity contribution >= 4 is 21.4 Å². The molecule has 22 heavy (non-hydrogen) atoms. The lowest BCUT2D eigenvalue weighted by Gasteiger charge is -2.06. The van der Waals surface area contributed by atoms with Crippen LogP contribution < -0.4 is 5.32 Å². The van der Waals surface area contributed by atoms with Gasteiger partial charge >= 0.3 is 0 Å². The third kappa shape index (κ3) is 5.29. The van der Waals surface area contributed by atoms with Gasteiger partial charge in [0, 0.05) is 12.1 Å². The van der Waals surface area contributed by atoms with Gasteiger partial charge in [0.2, 0.25) is 5.91 Å². The van der Waals surface area contributed by atoms with Crippen LogP contribution in [0.2, 0.25) is 0 Å². The van der Waals surface area contributed by atoms with Gasteiger partial charge in [0.05, 0.1) is 11.5 Å². The van der Waals surface area contributed by atoms with Crippen molar-refractivity contribution in [2.45, 2.75) is 12.2 Å². The molecule has 2 aromatic rings. The van der Waals surface area contributed by atoms with Crippen molar-refractivity contribution in [3.8, 4) is 0 Å². The lowest BCUT2D eigenvalue weighted by atomic mass is 10.2. The Bertz CT molecular complexity index is 728. The summed E-state index contributed by atoms with van der Waals surface area (Å²) < 4.78 is 36.7. The van der Waals surface area contributed by atoms with Crippen molar-refractivity contribution < 1.29 is 17.6 Å². The molecule has 2 rings (SSSR count). The summed E-state index contributed by atoms with van der Waals surface area (Å²) in [7, 11) is -3.35. The highest BCUT2D eigenvalue weighted by molar-refractivity contribution is 7.90. The SMILES string of the molecule is O=C(CCS(=O)(=O)Cc1ccccc1)Nc1ccc(F)cc1. The van der Waals surface area contributed by atoms with Crippen molar-refractivity contribution in [2.24, 2.45) is 0 Å². The predicted octanol–water partition coefficient (Wildman–Crippen LogP) is 2.77. The first-order valence-corrected chi connectivity index (χ1v) is 8.56.